The number of aliphatic hydroxyl groups excluding tert-OH is 3. The summed E-state index contributed by atoms with van der Waals surface area (Å²) in [6, 6.07) is 6.20. The minimum Gasteiger partial charge on any atom is -0.394 e. The minimum atomic E-state index is -1.26. The van der Waals surface area contributed by atoms with E-state index in [0.717, 1.165) is 0 Å². The van der Waals surface area contributed by atoms with Crippen molar-refractivity contribution in [3.05, 3.63) is 34.3 Å². The van der Waals surface area contributed by atoms with E-state index >= 15 is 0 Å². The molecule has 0 bridgehead atoms. The molecule has 1 aromatic carbocycles. The van der Waals surface area contributed by atoms with Crippen molar-refractivity contribution in [2.75, 3.05) is 6.61 Å². The lowest BCUT2D eigenvalue weighted by molar-refractivity contribution is -0.0152. The van der Waals surface area contributed by atoms with Crippen LogP contribution in [-0.4, -0.2) is 28.0 Å². The van der Waals surface area contributed by atoms with E-state index in [1.54, 1.807) is 0 Å². The predicted molar refractivity (Wildman–Crippen MR) is 54.2 cm³/mol. The van der Waals surface area contributed by atoms with Gasteiger partial charge in [0.25, 0.3) is 0 Å². The number of hydrogen-bond donors (Lipinski definition) is 3. The molecule has 0 aliphatic carbocycles. The molecule has 5 heteroatoms. The summed E-state index contributed by atoms with van der Waals surface area (Å²) >= 11 is 5.74. The molecule has 0 saturated heterocycles. The highest BCUT2D eigenvalue weighted by molar-refractivity contribution is 6.31. The van der Waals surface area contributed by atoms with Gasteiger partial charge in [0.1, 0.15) is 18.3 Å². The molecule has 0 fully saturated rings. The van der Waals surface area contributed by atoms with Gasteiger partial charge in [-0.2, -0.15) is 5.26 Å². The van der Waals surface area contributed by atoms with Crippen LogP contribution < -0.4 is 0 Å². The van der Waals surface area contributed by atoms with Crippen molar-refractivity contribution >= 4 is 11.6 Å². The molecule has 2 unspecified atom stereocenters. The molecule has 0 radical (unpaired) electrons. The van der Waals surface area contributed by atoms with Gasteiger partial charge in [0.05, 0.1) is 17.2 Å². The largest absolute Gasteiger partial charge is 0.394 e. The Balaban J connectivity index is 2.98. The molecule has 0 aliphatic rings. The Morgan fingerprint density at radius 1 is 1.40 bits per heavy atom. The molecule has 0 saturated carbocycles. The van der Waals surface area contributed by atoms with Gasteiger partial charge in [0.2, 0.25) is 0 Å². The number of halogens is 1. The summed E-state index contributed by atoms with van der Waals surface area (Å²) in [6.45, 7) is -0.543. The first-order valence-electron chi connectivity index (χ1n) is 4.26. The summed E-state index contributed by atoms with van der Waals surface area (Å²) in [5.41, 5.74) is 0.659. The molecule has 4 nitrogen and oxygen atoms in total. The fourth-order valence-electron chi connectivity index (χ4n) is 1.13. The topological polar surface area (TPSA) is 84.5 Å². The van der Waals surface area contributed by atoms with Gasteiger partial charge in [-0.25, -0.2) is 0 Å². The van der Waals surface area contributed by atoms with Crippen molar-refractivity contribution in [2.24, 2.45) is 0 Å². The molecular formula is C10H10ClNO3. The van der Waals surface area contributed by atoms with Crippen LogP contribution >= 0.6 is 11.6 Å². The van der Waals surface area contributed by atoms with E-state index in [4.69, 9.17) is 22.0 Å². The standard InChI is InChI=1S/C10H10ClNO3/c11-8-3-6(1-2-7(8)4-12)10(15)9(14)5-13/h1-3,9-10,13-15H,5H2. The summed E-state index contributed by atoms with van der Waals surface area (Å²) in [5.74, 6) is 0. The lowest BCUT2D eigenvalue weighted by atomic mass is 10.0. The average molecular weight is 228 g/mol. The van der Waals surface area contributed by atoms with Gasteiger partial charge in [-0.15, -0.1) is 0 Å². The van der Waals surface area contributed by atoms with E-state index < -0.39 is 18.8 Å². The summed E-state index contributed by atoms with van der Waals surface area (Å²) in [6.07, 6.45) is -2.46. The maximum absolute atomic E-state index is 9.53. The van der Waals surface area contributed by atoms with Crippen molar-refractivity contribution in [3.63, 3.8) is 0 Å². The fourth-order valence-corrected chi connectivity index (χ4v) is 1.36. The molecular weight excluding hydrogens is 218 g/mol. The Labute approximate surface area is 92.0 Å². The molecule has 80 valence electrons. The molecule has 1 aromatic rings. The molecule has 0 amide bonds. The monoisotopic (exact) mass is 227 g/mol. The van der Waals surface area contributed by atoms with Gasteiger partial charge in [-0.1, -0.05) is 17.7 Å². The van der Waals surface area contributed by atoms with E-state index in [0.29, 0.717) is 11.1 Å². The van der Waals surface area contributed by atoms with Crippen LogP contribution in [0.2, 0.25) is 5.02 Å². The summed E-state index contributed by atoms with van der Waals surface area (Å²) in [7, 11) is 0. The van der Waals surface area contributed by atoms with Gasteiger partial charge in [-0.3, -0.25) is 0 Å². The smallest absolute Gasteiger partial charge is 0.107 e. The van der Waals surface area contributed by atoms with Gasteiger partial charge >= 0.3 is 0 Å². The van der Waals surface area contributed by atoms with E-state index in [-0.39, 0.29) is 5.02 Å². The highest BCUT2D eigenvalue weighted by Gasteiger charge is 2.18. The molecule has 0 spiro atoms. The molecule has 1 rings (SSSR count). The fraction of sp³-hybridized carbons (Fsp3) is 0.300. The Bertz CT molecular complexity index is 389. The van der Waals surface area contributed by atoms with Crippen LogP contribution in [0.1, 0.15) is 17.2 Å². The zero-order valence-electron chi connectivity index (χ0n) is 7.76. The predicted octanol–water partition coefficient (Wildman–Crippen LogP) is 0.598. The lowest BCUT2D eigenvalue weighted by Gasteiger charge is -2.16. The van der Waals surface area contributed by atoms with Crippen molar-refractivity contribution in [1.82, 2.24) is 0 Å². The van der Waals surface area contributed by atoms with Crippen LogP contribution in [-0.2, 0) is 0 Å². The number of rotatable bonds is 3. The first kappa shape index (κ1) is 12.0. The van der Waals surface area contributed by atoms with E-state index in [1.807, 2.05) is 6.07 Å². The van der Waals surface area contributed by atoms with Gasteiger partial charge in [0, 0.05) is 0 Å². The maximum atomic E-state index is 9.53. The summed E-state index contributed by atoms with van der Waals surface area (Å²) < 4.78 is 0. The highest BCUT2D eigenvalue weighted by Crippen LogP contribution is 2.23. The number of nitrogens with zero attached hydrogens (tertiary/aromatic N) is 1. The normalized spacial score (nSPS) is 14.3. The van der Waals surface area contributed by atoms with Crippen LogP contribution in [0.5, 0.6) is 0 Å². The van der Waals surface area contributed by atoms with Gasteiger partial charge in [-0.05, 0) is 17.7 Å². The molecule has 0 heterocycles. The Hall–Kier alpha value is -1.12. The van der Waals surface area contributed by atoms with Crippen LogP contribution in [0.15, 0.2) is 18.2 Å². The second kappa shape index (κ2) is 5.10. The summed E-state index contributed by atoms with van der Waals surface area (Å²) in [5, 5.41) is 36.2. The lowest BCUT2D eigenvalue weighted by Crippen LogP contribution is -2.22. The molecule has 15 heavy (non-hydrogen) atoms. The Kier molecular flexibility index (Phi) is 4.06. The maximum Gasteiger partial charge on any atom is 0.107 e. The van der Waals surface area contributed by atoms with Gasteiger partial charge in [0.15, 0.2) is 0 Å². The third kappa shape index (κ3) is 2.67. The summed E-state index contributed by atoms with van der Waals surface area (Å²) in [4.78, 5) is 0. The quantitative estimate of drug-likeness (QED) is 0.706. The number of nitriles is 1. The molecule has 0 aliphatic heterocycles. The van der Waals surface area contributed by atoms with E-state index in [9.17, 15) is 10.2 Å². The molecule has 0 aromatic heterocycles. The van der Waals surface area contributed by atoms with Crippen molar-refractivity contribution in [3.8, 4) is 6.07 Å². The molecule has 2 atom stereocenters. The average Bonchev–Trinajstić information content (AvgIpc) is 2.26. The third-order valence-corrected chi connectivity index (χ3v) is 2.32. The SMILES string of the molecule is N#Cc1ccc(C(O)C(O)CO)cc1Cl. The van der Waals surface area contributed by atoms with Crippen molar-refractivity contribution < 1.29 is 15.3 Å². The van der Waals surface area contributed by atoms with Gasteiger partial charge < -0.3 is 15.3 Å². The van der Waals surface area contributed by atoms with Crippen molar-refractivity contribution in [1.29, 1.82) is 5.26 Å². The minimum absolute atomic E-state index is 0.208. The zero-order valence-corrected chi connectivity index (χ0v) is 8.52. The second-order valence-electron chi connectivity index (χ2n) is 3.05. The number of benzene rings is 1. The van der Waals surface area contributed by atoms with E-state index in [2.05, 4.69) is 0 Å². The highest BCUT2D eigenvalue weighted by atomic mass is 35.5. The second-order valence-corrected chi connectivity index (χ2v) is 3.45. The van der Waals surface area contributed by atoms with Crippen LogP contribution in [0.25, 0.3) is 0 Å². The first-order chi connectivity index (χ1) is 7.10. The zero-order chi connectivity index (χ0) is 11.4. The number of aliphatic hydroxyl groups is 3. The number of hydrogen-bond acceptors (Lipinski definition) is 4. The van der Waals surface area contributed by atoms with Crippen LogP contribution in [0.3, 0.4) is 0 Å². The third-order valence-electron chi connectivity index (χ3n) is 2.01. The Morgan fingerprint density at radius 2 is 2.07 bits per heavy atom. The van der Waals surface area contributed by atoms with Crippen LogP contribution in [0, 0.1) is 11.3 Å². The van der Waals surface area contributed by atoms with Crippen LogP contribution in [0.4, 0.5) is 0 Å². The first-order valence-corrected chi connectivity index (χ1v) is 4.64. The van der Waals surface area contributed by atoms with E-state index in [1.165, 1.54) is 18.2 Å². The Morgan fingerprint density at radius 3 is 2.53 bits per heavy atom. The van der Waals surface area contributed by atoms with Crippen molar-refractivity contribution in [2.45, 2.75) is 12.2 Å². The molecule has 3 N–H and O–H groups in total.